The van der Waals surface area contributed by atoms with E-state index >= 15 is 0 Å². The standard InChI is InChI=1S/C17H15F3N4O3/c1-26-14-11-24(13-5-2-4-12(10-13)17(18,19)20)22-15(14)16(25)27-9-8-23-7-3-6-21-23/h2-7,10-11H,8-9H2,1H3. The van der Waals surface area contributed by atoms with Crippen LogP contribution in [0.2, 0.25) is 0 Å². The van der Waals surface area contributed by atoms with Gasteiger partial charge in [-0.25, -0.2) is 9.48 Å². The maximum atomic E-state index is 12.9. The van der Waals surface area contributed by atoms with Crippen molar-refractivity contribution in [3.63, 3.8) is 0 Å². The highest BCUT2D eigenvalue weighted by Crippen LogP contribution is 2.30. The fourth-order valence-electron chi connectivity index (χ4n) is 2.34. The van der Waals surface area contributed by atoms with Gasteiger partial charge in [0.15, 0.2) is 5.75 Å². The first-order valence-electron chi connectivity index (χ1n) is 7.84. The Balaban J connectivity index is 1.78. The Morgan fingerprint density at radius 2 is 2.07 bits per heavy atom. The second kappa shape index (κ2) is 7.52. The van der Waals surface area contributed by atoms with Gasteiger partial charge in [0.25, 0.3) is 0 Å². The van der Waals surface area contributed by atoms with Crippen LogP contribution >= 0.6 is 0 Å². The van der Waals surface area contributed by atoms with Crippen molar-refractivity contribution < 1.29 is 27.4 Å². The summed E-state index contributed by atoms with van der Waals surface area (Å²) in [7, 11) is 1.33. The largest absolute Gasteiger partial charge is 0.493 e. The zero-order valence-corrected chi connectivity index (χ0v) is 14.2. The van der Waals surface area contributed by atoms with Gasteiger partial charge in [0.1, 0.15) is 6.61 Å². The summed E-state index contributed by atoms with van der Waals surface area (Å²) in [5.41, 5.74) is -0.813. The number of nitrogens with zero attached hydrogens (tertiary/aromatic N) is 4. The highest BCUT2D eigenvalue weighted by atomic mass is 19.4. The van der Waals surface area contributed by atoms with Gasteiger partial charge >= 0.3 is 12.1 Å². The first-order chi connectivity index (χ1) is 12.9. The van der Waals surface area contributed by atoms with Gasteiger partial charge in [-0.05, 0) is 24.3 Å². The summed E-state index contributed by atoms with van der Waals surface area (Å²) in [6, 6.07) is 6.32. The number of methoxy groups -OCH3 is 1. The van der Waals surface area contributed by atoms with Crippen LogP contribution in [0.25, 0.3) is 5.69 Å². The summed E-state index contributed by atoms with van der Waals surface area (Å²) in [5.74, 6) is -0.652. The Morgan fingerprint density at radius 3 is 2.74 bits per heavy atom. The minimum atomic E-state index is -4.48. The molecule has 0 bridgehead atoms. The number of esters is 1. The van der Waals surface area contributed by atoms with E-state index in [9.17, 15) is 18.0 Å². The van der Waals surface area contributed by atoms with Crippen molar-refractivity contribution >= 4 is 5.97 Å². The van der Waals surface area contributed by atoms with Gasteiger partial charge < -0.3 is 9.47 Å². The normalized spacial score (nSPS) is 11.4. The number of benzene rings is 1. The van der Waals surface area contributed by atoms with Gasteiger partial charge in [-0.2, -0.15) is 23.4 Å². The average molecular weight is 380 g/mol. The third kappa shape index (κ3) is 4.27. The molecule has 142 valence electrons. The monoisotopic (exact) mass is 380 g/mol. The molecule has 0 aliphatic carbocycles. The van der Waals surface area contributed by atoms with E-state index in [1.54, 1.807) is 23.1 Å². The molecule has 3 aromatic rings. The molecule has 0 spiro atoms. The van der Waals surface area contributed by atoms with Gasteiger partial charge in [-0.3, -0.25) is 4.68 Å². The predicted octanol–water partition coefficient (Wildman–Crippen LogP) is 2.95. The summed E-state index contributed by atoms with van der Waals surface area (Å²) in [6.07, 6.45) is 0.152. The lowest BCUT2D eigenvalue weighted by molar-refractivity contribution is -0.137. The van der Waals surface area contributed by atoms with E-state index in [4.69, 9.17) is 9.47 Å². The molecule has 0 saturated carbocycles. The Hall–Kier alpha value is -3.30. The molecule has 2 aromatic heterocycles. The zero-order valence-electron chi connectivity index (χ0n) is 14.2. The lowest BCUT2D eigenvalue weighted by Crippen LogP contribution is -2.13. The van der Waals surface area contributed by atoms with E-state index in [1.807, 2.05) is 0 Å². The Labute approximate surface area is 151 Å². The van der Waals surface area contributed by atoms with Crippen LogP contribution < -0.4 is 4.74 Å². The molecule has 27 heavy (non-hydrogen) atoms. The third-order valence-electron chi connectivity index (χ3n) is 3.64. The maximum Gasteiger partial charge on any atom is 0.416 e. The number of carbonyl (C=O) groups is 1. The van der Waals surface area contributed by atoms with Crippen molar-refractivity contribution in [2.75, 3.05) is 13.7 Å². The summed E-state index contributed by atoms with van der Waals surface area (Å²) in [4.78, 5) is 12.2. The van der Waals surface area contributed by atoms with E-state index in [1.165, 1.54) is 25.4 Å². The topological polar surface area (TPSA) is 71.2 Å². The van der Waals surface area contributed by atoms with Crippen LogP contribution in [-0.4, -0.2) is 39.2 Å². The summed E-state index contributed by atoms with van der Waals surface area (Å²) in [5, 5.41) is 8.00. The molecular formula is C17H15F3N4O3. The van der Waals surface area contributed by atoms with E-state index < -0.39 is 17.7 Å². The lowest BCUT2D eigenvalue weighted by atomic mass is 10.2. The van der Waals surface area contributed by atoms with Crippen LogP contribution in [0.15, 0.2) is 48.9 Å². The molecular weight excluding hydrogens is 365 g/mol. The van der Waals surface area contributed by atoms with Crippen molar-refractivity contribution in [1.29, 1.82) is 0 Å². The number of ether oxygens (including phenoxy) is 2. The van der Waals surface area contributed by atoms with Crippen molar-refractivity contribution in [1.82, 2.24) is 19.6 Å². The average Bonchev–Trinajstić information content (AvgIpc) is 3.30. The van der Waals surface area contributed by atoms with Crippen LogP contribution in [0.4, 0.5) is 13.2 Å². The summed E-state index contributed by atoms with van der Waals surface area (Å²) >= 11 is 0. The van der Waals surface area contributed by atoms with Crippen LogP contribution in [0.5, 0.6) is 5.75 Å². The lowest BCUT2D eigenvalue weighted by Gasteiger charge is -2.08. The van der Waals surface area contributed by atoms with Gasteiger partial charge in [0.2, 0.25) is 5.69 Å². The molecule has 0 N–H and O–H groups in total. The van der Waals surface area contributed by atoms with Crippen molar-refractivity contribution in [3.05, 3.63) is 60.2 Å². The molecule has 1 aromatic carbocycles. The second-order valence-corrected chi connectivity index (χ2v) is 5.44. The molecule has 0 fully saturated rings. The second-order valence-electron chi connectivity index (χ2n) is 5.44. The predicted molar refractivity (Wildman–Crippen MR) is 87.6 cm³/mol. The first-order valence-corrected chi connectivity index (χ1v) is 7.84. The Morgan fingerprint density at radius 1 is 1.26 bits per heavy atom. The van der Waals surface area contributed by atoms with Gasteiger partial charge in [0, 0.05) is 12.4 Å². The number of hydrogen-bond acceptors (Lipinski definition) is 5. The fourth-order valence-corrected chi connectivity index (χ4v) is 2.34. The smallest absolute Gasteiger partial charge is 0.416 e. The molecule has 0 saturated heterocycles. The van der Waals surface area contributed by atoms with E-state index in [0.29, 0.717) is 6.54 Å². The minimum Gasteiger partial charge on any atom is -0.493 e. The van der Waals surface area contributed by atoms with E-state index in [0.717, 1.165) is 16.8 Å². The number of carbonyl (C=O) groups excluding carboxylic acids is 1. The highest BCUT2D eigenvalue weighted by Gasteiger charge is 2.30. The maximum absolute atomic E-state index is 12.9. The number of hydrogen-bond donors (Lipinski definition) is 0. The molecule has 3 rings (SSSR count). The molecule has 0 aliphatic heterocycles. The Kier molecular flexibility index (Phi) is 5.15. The number of aromatic nitrogens is 4. The van der Waals surface area contributed by atoms with E-state index in [-0.39, 0.29) is 23.7 Å². The molecule has 0 atom stereocenters. The molecule has 10 heteroatoms. The SMILES string of the molecule is COc1cn(-c2cccc(C(F)(F)F)c2)nc1C(=O)OCCn1cccn1. The summed E-state index contributed by atoms with van der Waals surface area (Å²) < 4.78 is 51.6. The zero-order chi connectivity index (χ0) is 19.4. The first kappa shape index (κ1) is 18.5. The van der Waals surface area contributed by atoms with Crippen molar-refractivity contribution in [2.45, 2.75) is 12.7 Å². The van der Waals surface area contributed by atoms with Gasteiger partial charge in [-0.1, -0.05) is 6.07 Å². The molecule has 0 amide bonds. The van der Waals surface area contributed by atoms with E-state index in [2.05, 4.69) is 10.2 Å². The van der Waals surface area contributed by atoms with Crippen LogP contribution in [-0.2, 0) is 17.5 Å². The fraction of sp³-hybridized carbons (Fsp3) is 0.235. The Bertz CT molecular complexity index is 920. The summed E-state index contributed by atoms with van der Waals surface area (Å²) in [6.45, 7) is 0.412. The highest BCUT2D eigenvalue weighted by molar-refractivity contribution is 5.90. The van der Waals surface area contributed by atoms with Gasteiger partial charge in [-0.15, -0.1) is 0 Å². The molecule has 0 unspecified atom stereocenters. The molecule has 0 aliphatic rings. The van der Waals surface area contributed by atoms with Crippen LogP contribution in [0.3, 0.4) is 0 Å². The van der Waals surface area contributed by atoms with Gasteiger partial charge in [0.05, 0.1) is 31.1 Å². The van der Waals surface area contributed by atoms with Crippen LogP contribution in [0, 0.1) is 0 Å². The van der Waals surface area contributed by atoms with Crippen molar-refractivity contribution in [2.24, 2.45) is 0 Å². The number of halogens is 3. The van der Waals surface area contributed by atoms with Crippen LogP contribution in [0.1, 0.15) is 16.1 Å². The molecule has 0 radical (unpaired) electrons. The minimum absolute atomic E-state index is 0.0556. The van der Waals surface area contributed by atoms with Crippen molar-refractivity contribution in [3.8, 4) is 11.4 Å². The molecule has 2 heterocycles. The third-order valence-corrected chi connectivity index (χ3v) is 3.64. The molecule has 7 nitrogen and oxygen atoms in total. The number of rotatable bonds is 6. The quantitative estimate of drug-likeness (QED) is 0.615. The number of alkyl halides is 3.